The van der Waals surface area contributed by atoms with Gasteiger partial charge in [0, 0.05) is 19.9 Å². The first-order chi connectivity index (χ1) is 4.66. The van der Waals surface area contributed by atoms with E-state index >= 15 is 0 Å². The summed E-state index contributed by atoms with van der Waals surface area (Å²) in [5.41, 5.74) is 0. The van der Waals surface area contributed by atoms with E-state index in [1.807, 2.05) is 0 Å². The number of carbonyl (C=O) groups is 2. The summed E-state index contributed by atoms with van der Waals surface area (Å²) in [7, 11) is 1.53. The molecule has 2 N–H and O–H groups in total. The highest BCUT2D eigenvalue weighted by Crippen LogP contribution is 1.93. The van der Waals surface area contributed by atoms with Gasteiger partial charge in [0.25, 0.3) is 0 Å². The van der Waals surface area contributed by atoms with Crippen LogP contribution >= 0.6 is 0 Å². The van der Waals surface area contributed by atoms with Crippen molar-refractivity contribution in [3.8, 4) is 0 Å². The zero-order chi connectivity index (χ0) is 7.98. The monoisotopic (exact) mass is 145 g/mol. The Morgan fingerprint density at radius 1 is 1.40 bits per heavy atom. The summed E-state index contributed by atoms with van der Waals surface area (Å²) in [4.78, 5) is 20.4. The predicted octanol–water partition coefficient (Wildman–Crippen LogP) is -0.0127. The number of hydrogen-bond donors (Lipinski definition) is 2. The third-order valence-electron chi connectivity index (χ3n) is 1.07. The SMILES string of the molecule is CNC(=O)CCCC(=O)O. The molecule has 10 heavy (non-hydrogen) atoms. The fourth-order valence-electron chi connectivity index (χ4n) is 0.525. The summed E-state index contributed by atoms with van der Waals surface area (Å²) < 4.78 is 0. The van der Waals surface area contributed by atoms with Gasteiger partial charge in [-0.25, -0.2) is 0 Å². The van der Waals surface area contributed by atoms with Crippen molar-refractivity contribution in [1.82, 2.24) is 5.32 Å². The van der Waals surface area contributed by atoms with Crippen LogP contribution in [0.4, 0.5) is 0 Å². The summed E-state index contributed by atoms with van der Waals surface area (Å²) >= 11 is 0. The van der Waals surface area contributed by atoms with Gasteiger partial charge in [0.1, 0.15) is 0 Å². The number of hydrogen-bond acceptors (Lipinski definition) is 2. The van der Waals surface area contributed by atoms with E-state index in [1.165, 1.54) is 7.05 Å². The minimum atomic E-state index is -0.857. The van der Waals surface area contributed by atoms with Gasteiger partial charge in [-0.05, 0) is 6.42 Å². The van der Waals surface area contributed by atoms with Crippen molar-refractivity contribution in [2.75, 3.05) is 7.05 Å². The number of carboxylic acid groups (broad SMARTS) is 1. The van der Waals surface area contributed by atoms with E-state index in [4.69, 9.17) is 5.11 Å². The van der Waals surface area contributed by atoms with Crippen LogP contribution in [0.2, 0.25) is 0 Å². The number of nitrogens with one attached hydrogen (secondary N) is 1. The number of carbonyl (C=O) groups excluding carboxylic acids is 1. The molecule has 0 spiro atoms. The smallest absolute Gasteiger partial charge is 0.303 e. The van der Waals surface area contributed by atoms with Crippen molar-refractivity contribution >= 4 is 11.9 Å². The second kappa shape index (κ2) is 4.78. The van der Waals surface area contributed by atoms with Crippen LogP contribution in [0.25, 0.3) is 0 Å². The van der Waals surface area contributed by atoms with Gasteiger partial charge in [-0.2, -0.15) is 0 Å². The van der Waals surface area contributed by atoms with E-state index in [-0.39, 0.29) is 12.3 Å². The maximum absolute atomic E-state index is 10.5. The number of rotatable bonds is 4. The molecule has 0 aliphatic heterocycles. The minimum absolute atomic E-state index is 0.0629. The van der Waals surface area contributed by atoms with E-state index in [2.05, 4.69) is 5.32 Å². The second-order valence-electron chi connectivity index (χ2n) is 1.92. The number of amides is 1. The Kier molecular flexibility index (Phi) is 4.28. The lowest BCUT2D eigenvalue weighted by Gasteiger charge is -1.95. The molecule has 0 radical (unpaired) electrons. The van der Waals surface area contributed by atoms with Crippen LogP contribution in [-0.4, -0.2) is 24.0 Å². The lowest BCUT2D eigenvalue weighted by molar-refractivity contribution is -0.137. The fraction of sp³-hybridized carbons (Fsp3) is 0.667. The van der Waals surface area contributed by atoms with Crippen LogP contribution in [0, 0.1) is 0 Å². The van der Waals surface area contributed by atoms with Gasteiger partial charge in [0.05, 0.1) is 0 Å². The molecular weight excluding hydrogens is 134 g/mol. The maximum Gasteiger partial charge on any atom is 0.303 e. The van der Waals surface area contributed by atoms with Gasteiger partial charge in [-0.3, -0.25) is 9.59 Å². The molecule has 0 unspecified atom stereocenters. The van der Waals surface area contributed by atoms with Crippen molar-refractivity contribution in [2.45, 2.75) is 19.3 Å². The lowest BCUT2D eigenvalue weighted by Crippen LogP contribution is -2.17. The molecule has 0 fully saturated rings. The molecule has 0 bridgehead atoms. The molecule has 4 heteroatoms. The normalized spacial score (nSPS) is 8.90. The molecule has 0 rings (SSSR count). The Balaban J connectivity index is 3.20. The maximum atomic E-state index is 10.5. The second-order valence-corrected chi connectivity index (χ2v) is 1.92. The largest absolute Gasteiger partial charge is 0.481 e. The predicted molar refractivity (Wildman–Crippen MR) is 35.6 cm³/mol. The number of aliphatic carboxylic acids is 1. The van der Waals surface area contributed by atoms with Gasteiger partial charge in [0.2, 0.25) is 5.91 Å². The van der Waals surface area contributed by atoms with Crippen LogP contribution in [0.1, 0.15) is 19.3 Å². The van der Waals surface area contributed by atoms with Crippen LogP contribution in [-0.2, 0) is 9.59 Å². The van der Waals surface area contributed by atoms with Crippen molar-refractivity contribution in [3.05, 3.63) is 0 Å². The van der Waals surface area contributed by atoms with E-state index in [0.29, 0.717) is 12.8 Å². The van der Waals surface area contributed by atoms with Crippen LogP contribution in [0.15, 0.2) is 0 Å². The Morgan fingerprint density at radius 2 is 2.00 bits per heavy atom. The van der Waals surface area contributed by atoms with E-state index in [0.717, 1.165) is 0 Å². The molecular formula is C6H11NO3. The van der Waals surface area contributed by atoms with Gasteiger partial charge in [-0.15, -0.1) is 0 Å². The first kappa shape index (κ1) is 8.94. The number of carboxylic acids is 1. The molecule has 0 aromatic heterocycles. The quantitative estimate of drug-likeness (QED) is 0.584. The van der Waals surface area contributed by atoms with Gasteiger partial charge in [-0.1, -0.05) is 0 Å². The third-order valence-corrected chi connectivity index (χ3v) is 1.07. The van der Waals surface area contributed by atoms with Crippen LogP contribution < -0.4 is 5.32 Å². The van der Waals surface area contributed by atoms with Crippen molar-refractivity contribution in [1.29, 1.82) is 0 Å². The molecule has 0 aliphatic rings. The fourth-order valence-corrected chi connectivity index (χ4v) is 0.525. The zero-order valence-electron chi connectivity index (χ0n) is 5.89. The highest BCUT2D eigenvalue weighted by Gasteiger charge is 2.00. The average molecular weight is 145 g/mol. The standard InChI is InChI=1S/C6H11NO3/c1-7-5(8)3-2-4-6(9)10/h2-4H2,1H3,(H,7,8)(H,9,10). The van der Waals surface area contributed by atoms with Gasteiger partial charge in [0.15, 0.2) is 0 Å². The first-order valence-corrected chi connectivity index (χ1v) is 3.09. The Bertz CT molecular complexity index is 133. The summed E-state index contributed by atoms with van der Waals surface area (Å²) in [6.45, 7) is 0. The molecule has 0 aromatic carbocycles. The van der Waals surface area contributed by atoms with Gasteiger partial charge < -0.3 is 10.4 Å². The van der Waals surface area contributed by atoms with Crippen LogP contribution in [0.3, 0.4) is 0 Å². The lowest BCUT2D eigenvalue weighted by atomic mass is 10.2. The molecule has 4 nitrogen and oxygen atoms in total. The third kappa shape index (κ3) is 5.08. The van der Waals surface area contributed by atoms with E-state index in [9.17, 15) is 9.59 Å². The highest BCUT2D eigenvalue weighted by atomic mass is 16.4. The first-order valence-electron chi connectivity index (χ1n) is 3.09. The molecule has 58 valence electrons. The van der Waals surface area contributed by atoms with Crippen molar-refractivity contribution in [2.24, 2.45) is 0 Å². The molecule has 0 saturated heterocycles. The topological polar surface area (TPSA) is 66.4 Å². The molecule has 0 aromatic rings. The van der Waals surface area contributed by atoms with Crippen molar-refractivity contribution in [3.63, 3.8) is 0 Å². The molecule has 0 aliphatic carbocycles. The molecule has 1 amide bonds. The van der Waals surface area contributed by atoms with E-state index < -0.39 is 5.97 Å². The van der Waals surface area contributed by atoms with E-state index in [1.54, 1.807) is 0 Å². The molecule has 0 saturated carbocycles. The summed E-state index contributed by atoms with van der Waals surface area (Å²) in [6.07, 6.45) is 0.769. The van der Waals surface area contributed by atoms with Crippen LogP contribution in [0.5, 0.6) is 0 Å². The zero-order valence-corrected chi connectivity index (χ0v) is 5.89. The summed E-state index contributed by atoms with van der Waals surface area (Å²) in [6, 6.07) is 0. The van der Waals surface area contributed by atoms with Gasteiger partial charge >= 0.3 is 5.97 Å². The van der Waals surface area contributed by atoms with Crippen molar-refractivity contribution < 1.29 is 14.7 Å². The summed E-state index contributed by atoms with van der Waals surface area (Å²) in [5, 5.41) is 10.6. The Morgan fingerprint density at radius 3 is 2.40 bits per heavy atom. The minimum Gasteiger partial charge on any atom is -0.481 e. The highest BCUT2D eigenvalue weighted by molar-refractivity contribution is 5.76. The Labute approximate surface area is 59.2 Å². The Hall–Kier alpha value is -1.06. The molecule has 0 atom stereocenters. The average Bonchev–Trinajstić information content (AvgIpc) is 1.87. The summed E-state index contributed by atoms with van der Waals surface area (Å²) in [5.74, 6) is -0.967. The molecule has 0 heterocycles.